The molecular formula is C17H19F2NO. The molecule has 1 unspecified atom stereocenters. The molecule has 0 saturated carbocycles. The Morgan fingerprint density at radius 3 is 2.52 bits per heavy atom. The Bertz CT molecular complexity index is 655. The lowest BCUT2D eigenvalue weighted by Gasteiger charge is -2.19. The molecule has 2 rings (SSSR count). The second-order valence-corrected chi connectivity index (χ2v) is 5.04. The van der Waals surface area contributed by atoms with Gasteiger partial charge in [0.1, 0.15) is 17.4 Å². The molecular weight excluding hydrogens is 272 g/mol. The Morgan fingerprint density at radius 2 is 1.86 bits per heavy atom. The van der Waals surface area contributed by atoms with E-state index in [1.54, 1.807) is 19.1 Å². The molecule has 0 fully saturated rings. The van der Waals surface area contributed by atoms with E-state index in [0.29, 0.717) is 23.5 Å². The largest absolute Gasteiger partial charge is 0.494 e. The maximum Gasteiger partial charge on any atom is 0.134 e. The Hall–Kier alpha value is -1.94. The van der Waals surface area contributed by atoms with Crippen molar-refractivity contribution in [3.05, 3.63) is 64.2 Å². The zero-order valence-corrected chi connectivity index (χ0v) is 12.4. The Balaban J connectivity index is 2.57. The molecule has 0 aliphatic carbocycles. The number of aryl methyl sites for hydroxylation is 2. The van der Waals surface area contributed by atoms with Crippen LogP contribution < -0.4 is 10.5 Å². The first-order valence-corrected chi connectivity index (χ1v) is 6.89. The van der Waals surface area contributed by atoms with E-state index >= 15 is 0 Å². The van der Waals surface area contributed by atoms with Gasteiger partial charge in [0.2, 0.25) is 0 Å². The smallest absolute Gasteiger partial charge is 0.134 e. The molecule has 21 heavy (non-hydrogen) atoms. The molecule has 0 aromatic heterocycles. The van der Waals surface area contributed by atoms with E-state index in [4.69, 9.17) is 10.5 Å². The summed E-state index contributed by atoms with van der Waals surface area (Å²) in [6.07, 6.45) is 0. The summed E-state index contributed by atoms with van der Waals surface area (Å²) in [5.74, 6) is -0.697. The number of ether oxygens (including phenoxy) is 1. The fraction of sp³-hybridized carbons (Fsp3) is 0.294. The second kappa shape index (κ2) is 6.22. The molecule has 1 atom stereocenters. The highest BCUT2D eigenvalue weighted by Gasteiger charge is 2.22. The normalized spacial score (nSPS) is 12.3. The number of hydrogen-bond acceptors (Lipinski definition) is 2. The second-order valence-electron chi connectivity index (χ2n) is 5.04. The molecule has 0 spiro atoms. The maximum atomic E-state index is 14.3. The minimum atomic E-state index is -0.911. The van der Waals surface area contributed by atoms with Crippen LogP contribution in [0.1, 0.15) is 35.2 Å². The molecule has 0 aliphatic heterocycles. The van der Waals surface area contributed by atoms with Crippen molar-refractivity contribution in [3.8, 4) is 5.75 Å². The van der Waals surface area contributed by atoms with Gasteiger partial charge in [-0.2, -0.15) is 0 Å². The summed E-state index contributed by atoms with van der Waals surface area (Å²) < 4.78 is 33.8. The van der Waals surface area contributed by atoms with Crippen molar-refractivity contribution >= 4 is 0 Å². The predicted molar refractivity (Wildman–Crippen MR) is 79.5 cm³/mol. The minimum absolute atomic E-state index is 0.124. The summed E-state index contributed by atoms with van der Waals surface area (Å²) >= 11 is 0. The zero-order chi connectivity index (χ0) is 15.6. The first kappa shape index (κ1) is 15.4. The average molecular weight is 291 g/mol. The average Bonchev–Trinajstić information content (AvgIpc) is 2.45. The van der Waals surface area contributed by atoms with Crippen LogP contribution in [0.5, 0.6) is 5.75 Å². The molecule has 0 saturated heterocycles. The third-order valence-corrected chi connectivity index (χ3v) is 3.43. The number of nitrogens with two attached hydrogens (primary N) is 1. The van der Waals surface area contributed by atoms with Gasteiger partial charge < -0.3 is 10.5 Å². The van der Waals surface area contributed by atoms with E-state index in [0.717, 1.165) is 5.56 Å². The van der Waals surface area contributed by atoms with Crippen LogP contribution in [0.25, 0.3) is 0 Å². The van der Waals surface area contributed by atoms with E-state index in [2.05, 4.69) is 0 Å². The van der Waals surface area contributed by atoms with Gasteiger partial charge in [0.25, 0.3) is 0 Å². The van der Waals surface area contributed by atoms with Gasteiger partial charge in [-0.05, 0) is 38.5 Å². The fourth-order valence-electron chi connectivity index (χ4n) is 2.32. The SMILES string of the molecule is CCOc1ccc(C)cc1C(N)c1c(F)ccc(C)c1F. The van der Waals surface area contributed by atoms with Crippen molar-refractivity contribution in [3.63, 3.8) is 0 Å². The van der Waals surface area contributed by atoms with Crippen molar-refractivity contribution < 1.29 is 13.5 Å². The Labute approximate surface area is 123 Å². The molecule has 0 aliphatic rings. The predicted octanol–water partition coefficient (Wildman–Crippen LogP) is 4.03. The van der Waals surface area contributed by atoms with E-state index in [-0.39, 0.29) is 5.56 Å². The molecule has 2 nitrogen and oxygen atoms in total. The number of hydrogen-bond donors (Lipinski definition) is 1. The van der Waals surface area contributed by atoms with Crippen LogP contribution in [0.4, 0.5) is 8.78 Å². The van der Waals surface area contributed by atoms with Crippen LogP contribution >= 0.6 is 0 Å². The van der Waals surface area contributed by atoms with Gasteiger partial charge in [-0.3, -0.25) is 0 Å². The summed E-state index contributed by atoms with van der Waals surface area (Å²) in [6, 6.07) is 7.19. The van der Waals surface area contributed by atoms with Crippen LogP contribution in [0.15, 0.2) is 30.3 Å². The molecule has 0 radical (unpaired) electrons. The summed E-state index contributed by atoms with van der Waals surface area (Å²) in [7, 11) is 0. The summed E-state index contributed by atoms with van der Waals surface area (Å²) in [6.45, 7) is 5.80. The lowest BCUT2D eigenvalue weighted by molar-refractivity contribution is 0.335. The van der Waals surface area contributed by atoms with E-state index in [1.165, 1.54) is 12.1 Å². The van der Waals surface area contributed by atoms with E-state index < -0.39 is 17.7 Å². The number of benzene rings is 2. The monoisotopic (exact) mass is 291 g/mol. The van der Waals surface area contributed by atoms with Gasteiger partial charge in [-0.1, -0.05) is 23.8 Å². The lowest BCUT2D eigenvalue weighted by atomic mass is 9.95. The first-order valence-electron chi connectivity index (χ1n) is 6.89. The third kappa shape index (κ3) is 3.05. The lowest BCUT2D eigenvalue weighted by Crippen LogP contribution is -2.17. The summed E-state index contributed by atoms with van der Waals surface area (Å²) in [5, 5.41) is 0. The van der Waals surface area contributed by atoms with Crippen LogP contribution in [-0.4, -0.2) is 6.61 Å². The van der Waals surface area contributed by atoms with Crippen LogP contribution in [0.2, 0.25) is 0 Å². The highest BCUT2D eigenvalue weighted by molar-refractivity contribution is 5.45. The summed E-state index contributed by atoms with van der Waals surface area (Å²) in [5.41, 5.74) is 7.91. The first-order chi connectivity index (χ1) is 9.95. The van der Waals surface area contributed by atoms with Crippen molar-refractivity contribution in [1.29, 1.82) is 0 Å². The van der Waals surface area contributed by atoms with Crippen LogP contribution in [-0.2, 0) is 0 Å². The zero-order valence-electron chi connectivity index (χ0n) is 12.4. The Morgan fingerprint density at radius 1 is 1.14 bits per heavy atom. The topological polar surface area (TPSA) is 35.2 Å². The van der Waals surface area contributed by atoms with Crippen molar-refractivity contribution in [1.82, 2.24) is 0 Å². The minimum Gasteiger partial charge on any atom is -0.494 e. The maximum absolute atomic E-state index is 14.3. The molecule has 112 valence electrons. The fourth-order valence-corrected chi connectivity index (χ4v) is 2.32. The highest BCUT2D eigenvalue weighted by atomic mass is 19.1. The number of halogens is 2. The summed E-state index contributed by atoms with van der Waals surface area (Å²) in [4.78, 5) is 0. The van der Waals surface area contributed by atoms with Crippen LogP contribution in [0, 0.1) is 25.5 Å². The van der Waals surface area contributed by atoms with Gasteiger partial charge in [0, 0.05) is 11.1 Å². The van der Waals surface area contributed by atoms with Gasteiger partial charge in [0.15, 0.2) is 0 Å². The molecule has 2 aromatic rings. The van der Waals surface area contributed by atoms with Crippen molar-refractivity contribution in [2.45, 2.75) is 26.8 Å². The van der Waals surface area contributed by atoms with Gasteiger partial charge in [-0.15, -0.1) is 0 Å². The molecule has 4 heteroatoms. The molecule has 2 aromatic carbocycles. The van der Waals surface area contributed by atoms with Gasteiger partial charge >= 0.3 is 0 Å². The molecule has 0 heterocycles. The molecule has 0 amide bonds. The van der Waals surface area contributed by atoms with E-state index in [9.17, 15) is 8.78 Å². The van der Waals surface area contributed by atoms with Crippen molar-refractivity contribution in [2.24, 2.45) is 5.73 Å². The van der Waals surface area contributed by atoms with Gasteiger partial charge in [-0.25, -0.2) is 8.78 Å². The third-order valence-electron chi connectivity index (χ3n) is 3.43. The number of rotatable bonds is 4. The standard InChI is InChI=1S/C17H19F2NO/c1-4-21-14-8-5-10(2)9-12(14)17(20)15-13(18)7-6-11(3)16(15)19/h5-9,17H,4,20H2,1-3H3. The highest BCUT2D eigenvalue weighted by Crippen LogP contribution is 2.32. The van der Waals surface area contributed by atoms with E-state index in [1.807, 2.05) is 19.9 Å². The quantitative estimate of drug-likeness (QED) is 0.923. The van der Waals surface area contributed by atoms with Crippen molar-refractivity contribution in [2.75, 3.05) is 6.61 Å². The molecule has 2 N–H and O–H groups in total. The van der Waals surface area contributed by atoms with Gasteiger partial charge in [0.05, 0.1) is 12.6 Å². The molecule has 0 bridgehead atoms. The van der Waals surface area contributed by atoms with Crippen LogP contribution in [0.3, 0.4) is 0 Å². The Kier molecular flexibility index (Phi) is 4.58.